The van der Waals surface area contributed by atoms with E-state index in [1.807, 2.05) is 11.9 Å². The van der Waals surface area contributed by atoms with Gasteiger partial charge in [-0.25, -0.2) is 4.79 Å². The number of hydrogen-bond acceptors (Lipinski definition) is 5. The molecule has 0 aliphatic heterocycles. The van der Waals surface area contributed by atoms with Gasteiger partial charge in [0, 0.05) is 5.02 Å². The van der Waals surface area contributed by atoms with Crippen molar-refractivity contribution in [2.75, 3.05) is 12.3 Å². The Hall–Kier alpha value is -2.74. The van der Waals surface area contributed by atoms with E-state index in [2.05, 4.69) is 10.3 Å². The smallest absolute Gasteiger partial charge is 0.326 e. The number of carbonyl (C=O) groups excluding carboxylic acids is 1. The van der Waals surface area contributed by atoms with Crippen LogP contribution in [0, 0.1) is 6.92 Å². The zero-order valence-electron chi connectivity index (χ0n) is 13.1. The zero-order valence-corrected chi connectivity index (χ0v) is 13.9. The second-order valence-electron chi connectivity index (χ2n) is 5.29. The highest BCUT2D eigenvalue weighted by Crippen LogP contribution is 2.21. The highest BCUT2D eigenvalue weighted by Gasteiger charge is 2.16. The number of hydrogen-bond donors (Lipinski definition) is 4. The summed E-state index contributed by atoms with van der Waals surface area (Å²) in [5.41, 5.74) is 4.12. The van der Waals surface area contributed by atoms with Gasteiger partial charge in [-0.1, -0.05) is 11.6 Å². The van der Waals surface area contributed by atoms with Crippen LogP contribution in [0.1, 0.15) is 23.0 Å². The number of halogens is 1. The zero-order chi connectivity index (χ0) is 17.9. The van der Waals surface area contributed by atoms with Gasteiger partial charge in [0.05, 0.1) is 6.04 Å². The lowest BCUT2D eigenvalue weighted by molar-refractivity contribution is 0.0922. The topological polar surface area (TPSA) is 130 Å². The summed E-state index contributed by atoms with van der Waals surface area (Å²) in [6.07, 6.45) is 0. The Labute approximate surface area is 142 Å². The Kier molecular flexibility index (Phi) is 5.30. The van der Waals surface area contributed by atoms with Gasteiger partial charge in [0.15, 0.2) is 0 Å². The monoisotopic (exact) mass is 352 g/mol. The second kappa shape index (κ2) is 7.22. The lowest BCUT2D eigenvalue weighted by atomic mass is 10.2. The maximum atomic E-state index is 12.1. The molecule has 0 aliphatic carbocycles. The molecule has 1 aromatic heterocycles. The summed E-state index contributed by atoms with van der Waals surface area (Å²) in [5.74, 6) is -0.0239. The molecular weight excluding hydrogens is 336 g/mol. The van der Waals surface area contributed by atoms with Crippen molar-refractivity contribution in [3.63, 3.8) is 0 Å². The summed E-state index contributed by atoms with van der Waals surface area (Å²) in [4.78, 5) is 38.9. The van der Waals surface area contributed by atoms with Crippen LogP contribution < -0.4 is 27.0 Å². The third-order valence-corrected chi connectivity index (χ3v) is 3.45. The van der Waals surface area contributed by atoms with E-state index in [4.69, 9.17) is 22.1 Å². The Bertz CT molecular complexity index is 875. The van der Waals surface area contributed by atoms with E-state index in [0.717, 1.165) is 5.56 Å². The van der Waals surface area contributed by atoms with Gasteiger partial charge in [-0.05, 0) is 37.6 Å². The van der Waals surface area contributed by atoms with Crippen LogP contribution in [-0.2, 0) is 0 Å². The average Bonchev–Trinajstić information content (AvgIpc) is 2.49. The lowest BCUT2D eigenvalue weighted by Crippen LogP contribution is -2.40. The third-order valence-electron chi connectivity index (χ3n) is 3.21. The summed E-state index contributed by atoms with van der Waals surface area (Å²) >= 11 is 5.88. The number of anilines is 1. The number of H-pyrrole nitrogens is 2. The number of benzene rings is 1. The van der Waals surface area contributed by atoms with E-state index < -0.39 is 23.2 Å². The summed E-state index contributed by atoms with van der Waals surface area (Å²) in [6.45, 7) is 3.75. The number of aromatic nitrogens is 2. The highest BCUT2D eigenvalue weighted by molar-refractivity contribution is 6.30. The molecule has 2 rings (SSSR count). The van der Waals surface area contributed by atoms with Crippen LogP contribution in [0.5, 0.6) is 5.75 Å². The van der Waals surface area contributed by atoms with Crippen LogP contribution in [0.25, 0.3) is 0 Å². The maximum Gasteiger partial charge on any atom is 0.326 e. The predicted molar refractivity (Wildman–Crippen MR) is 90.7 cm³/mol. The van der Waals surface area contributed by atoms with Crippen LogP contribution in [0.3, 0.4) is 0 Å². The third kappa shape index (κ3) is 4.17. The molecule has 0 saturated carbocycles. The van der Waals surface area contributed by atoms with Gasteiger partial charge in [0.25, 0.3) is 11.5 Å². The minimum Gasteiger partial charge on any atom is -0.491 e. The number of carbonyl (C=O) groups is 1. The minimum atomic E-state index is -0.815. The molecule has 0 radical (unpaired) electrons. The molecule has 0 unspecified atom stereocenters. The second-order valence-corrected chi connectivity index (χ2v) is 5.73. The Morgan fingerprint density at radius 3 is 2.75 bits per heavy atom. The molecular formula is C15H17ClN4O4. The van der Waals surface area contributed by atoms with Crippen molar-refractivity contribution < 1.29 is 9.53 Å². The first-order valence-corrected chi connectivity index (χ1v) is 7.47. The van der Waals surface area contributed by atoms with Gasteiger partial charge < -0.3 is 20.8 Å². The minimum absolute atomic E-state index is 0.182. The van der Waals surface area contributed by atoms with Crippen molar-refractivity contribution in [1.29, 1.82) is 0 Å². The number of nitrogens with one attached hydrogen (secondary N) is 3. The number of rotatable bonds is 5. The van der Waals surface area contributed by atoms with Gasteiger partial charge in [0.2, 0.25) is 0 Å². The summed E-state index contributed by atoms with van der Waals surface area (Å²) in [7, 11) is 0. The van der Waals surface area contributed by atoms with E-state index in [1.165, 1.54) is 0 Å². The van der Waals surface area contributed by atoms with Crippen molar-refractivity contribution in [3.8, 4) is 5.75 Å². The van der Waals surface area contributed by atoms with Gasteiger partial charge in [-0.15, -0.1) is 0 Å². The fourth-order valence-electron chi connectivity index (χ4n) is 2.00. The van der Waals surface area contributed by atoms with E-state index in [9.17, 15) is 14.4 Å². The van der Waals surface area contributed by atoms with Gasteiger partial charge in [0.1, 0.15) is 23.7 Å². The van der Waals surface area contributed by atoms with Crippen molar-refractivity contribution in [2.45, 2.75) is 19.9 Å². The molecule has 8 nitrogen and oxygen atoms in total. The van der Waals surface area contributed by atoms with E-state index in [-0.39, 0.29) is 18.0 Å². The molecule has 2 aromatic rings. The van der Waals surface area contributed by atoms with Crippen LogP contribution in [0.15, 0.2) is 27.8 Å². The van der Waals surface area contributed by atoms with E-state index >= 15 is 0 Å². The summed E-state index contributed by atoms with van der Waals surface area (Å²) in [5, 5.41) is 3.21. The molecule has 0 fully saturated rings. The molecule has 0 saturated heterocycles. The number of nitrogens with two attached hydrogens (primary N) is 1. The number of aryl methyl sites for hydroxylation is 1. The molecule has 0 aliphatic rings. The molecule has 0 spiro atoms. The van der Waals surface area contributed by atoms with Crippen LogP contribution in [0.4, 0.5) is 5.69 Å². The largest absolute Gasteiger partial charge is 0.491 e. The summed E-state index contributed by atoms with van der Waals surface area (Å²) < 4.78 is 5.62. The van der Waals surface area contributed by atoms with Gasteiger partial charge in [-0.3, -0.25) is 14.6 Å². The first kappa shape index (κ1) is 17.6. The molecule has 1 atom stereocenters. The molecule has 1 aromatic carbocycles. The first-order chi connectivity index (χ1) is 11.3. The normalized spacial score (nSPS) is 11.8. The molecule has 1 amide bonds. The number of nitrogen functional groups attached to an aromatic ring is 1. The highest BCUT2D eigenvalue weighted by atomic mass is 35.5. The molecule has 1 heterocycles. The van der Waals surface area contributed by atoms with Gasteiger partial charge >= 0.3 is 5.69 Å². The summed E-state index contributed by atoms with van der Waals surface area (Å²) in [6, 6.07) is 4.81. The van der Waals surface area contributed by atoms with Crippen molar-refractivity contribution >= 4 is 23.2 Å². The van der Waals surface area contributed by atoms with Crippen LogP contribution in [0.2, 0.25) is 5.02 Å². The van der Waals surface area contributed by atoms with Crippen molar-refractivity contribution in [3.05, 3.63) is 55.3 Å². The van der Waals surface area contributed by atoms with Crippen molar-refractivity contribution in [2.24, 2.45) is 0 Å². The molecule has 24 heavy (non-hydrogen) atoms. The Morgan fingerprint density at radius 1 is 1.38 bits per heavy atom. The van der Waals surface area contributed by atoms with Crippen LogP contribution in [-0.4, -0.2) is 28.5 Å². The Balaban J connectivity index is 2.02. The predicted octanol–water partition coefficient (Wildman–Crippen LogP) is 0.805. The number of aromatic amines is 2. The maximum absolute atomic E-state index is 12.1. The van der Waals surface area contributed by atoms with Crippen molar-refractivity contribution in [1.82, 2.24) is 15.3 Å². The van der Waals surface area contributed by atoms with Gasteiger partial charge in [-0.2, -0.15) is 0 Å². The number of ether oxygens (including phenoxy) is 1. The van der Waals surface area contributed by atoms with E-state index in [1.54, 1.807) is 25.1 Å². The fraction of sp³-hybridized carbons (Fsp3) is 0.267. The lowest BCUT2D eigenvalue weighted by Gasteiger charge is -2.16. The standard InChI is InChI=1S/C15H17ClN4O4/c1-7-5-9(16)3-4-10(7)24-6-8(2)18-14(22)12-11(17)13(21)20-15(23)19-12/h3-5,8H,6,17H2,1-2H3,(H,18,22)(H2,19,20,21,23)/t8-/m1/s1. The number of amides is 1. The van der Waals surface area contributed by atoms with E-state index in [0.29, 0.717) is 10.8 Å². The SMILES string of the molecule is Cc1cc(Cl)ccc1OC[C@@H](C)NC(=O)c1[nH]c(=O)[nH]c(=O)c1N. The quantitative estimate of drug-likeness (QED) is 0.632. The molecule has 9 heteroatoms. The molecule has 128 valence electrons. The fourth-order valence-corrected chi connectivity index (χ4v) is 2.23. The average molecular weight is 353 g/mol. The Morgan fingerprint density at radius 2 is 2.08 bits per heavy atom. The first-order valence-electron chi connectivity index (χ1n) is 7.10. The molecule has 5 N–H and O–H groups in total. The van der Waals surface area contributed by atoms with Crippen LogP contribution >= 0.6 is 11.6 Å². The molecule has 0 bridgehead atoms.